The number of carbonyl (C=O) groups is 1. The summed E-state index contributed by atoms with van der Waals surface area (Å²) in [5.41, 5.74) is 0. The molecule has 0 heterocycles. The van der Waals surface area contributed by atoms with E-state index < -0.39 is 0 Å². The van der Waals surface area contributed by atoms with Crippen molar-refractivity contribution in [2.24, 2.45) is 0 Å². The molecule has 0 aliphatic carbocycles. The zero-order valence-corrected chi connectivity index (χ0v) is 7.30. The highest BCUT2D eigenvalue weighted by Crippen LogP contribution is 1.92. The first-order chi connectivity index (χ1) is 5.27. The fourth-order valence-corrected chi connectivity index (χ4v) is 0.707. The first-order valence-corrected chi connectivity index (χ1v) is 4.06. The van der Waals surface area contributed by atoms with Gasteiger partial charge in [-0.05, 0) is 26.7 Å². The number of hydrogen-bond donors (Lipinski definition) is 1. The van der Waals surface area contributed by atoms with Crippen molar-refractivity contribution in [3.63, 3.8) is 0 Å². The van der Waals surface area contributed by atoms with Gasteiger partial charge in [0.15, 0.2) is 0 Å². The number of nitrogens with one attached hydrogen (secondary N) is 1. The number of amides is 1. The minimum atomic E-state index is 0.314. The largest absolute Gasteiger partial charge is 0.379 e. The lowest BCUT2D eigenvalue weighted by atomic mass is 10.3. The van der Waals surface area contributed by atoms with E-state index in [0.29, 0.717) is 6.10 Å². The van der Waals surface area contributed by atoms with E-state index in [9.17, 15) is 4.79 Å². The van der Waals surface area contributed by atoms with Crippen molar-refractivity contribution in [3.8, 4) is 0 Å². The van der Waals surface area contributed by atoms with Crippen LogP contribution in [0.3, 0.4) is 0 Å². The lowest BCUT2D eigenvalue weighted by Crippen LogP contribution is -2.13. The normalized spacial score (nSPS) is 10.1. The standard InChI is InChI=1S/C8H17NO2/c1-8(2)11-6-4-3-5-9-7-10/h7-8H,3-6H2,1-2H3,(H,9,10). The van der Waals surface area contributed by atoms with Gasteiger partial charge in [0.05, 0.1) is 6.10 Å². The van der Waals surface area contributed by atoms with Crippen molar-refractivity contribution < 1.29 is 9.53 Å². The molecule has 0 aromatic heterocycles. The van der Waals surface area contributed by atoms with Crippen LogP contribution in [0.25, 0.3) is 0 Å². The second-order valence-electron chi connectivity index (χ2n) is 2.70. The number of unbranched alkanes of at least 4 members (excludes halogenated alkanes) is 1. The molecular formula is C8H17NO2. The number of rotatable bonds is 7. The lowest BCUT2D eigenvalue weighted by Gasteiger charge is -2.06. The summed E-state index contributed by atoms with van der Waals surface area (Å²) < 4.78 is 5.31. The van der Waals surface area contributed by atoms with Gasteiger partial charge in [0, 0.05) is 13.2 Å². The Hall–Kier alpha value is -0.570. The quantitative estimate of drug-likeness (QED) is 0.443. The maximum Gasteiger partial charge on any atom is 0.207 e. The Morgan fingerprint density at radius 2 is 2.18 bits per heavy atom. The van der Waals surface area contributed by atoms with E-state index >= 15 is 0 Å². The Morgan fingerprint density at radius 1 is 1.45 bits per heavy atom. The minimum absolute atomic E-state index is 0.314. The molecule has 0 fully saturated rings. The molecule has 1 amide bonds. The average molecular weight is 159 g/mol. The van der Waals surface area contributed by atoms with Crippen LogP contribution in [0.5, 0.6) is 0 Å². The minimum Gasteiger partial charge on any atom is -0.379 e. The molecule has 0 aromatic carbocycles. The van der Waals surface area contributed by atoms with E-state index in [2.05, 4.69) is 5.32 Å². The maximum atomic E-state index is 9.80. The third-order valence-corrected chi connectivity index (χ3v) is 1.25. The number of carbonyl (C=O) groups excluding carboxylic acids is 1. The first-order valence-electron chi connectivity index (χ1n) is 4.06. The van der Waals surface area contributed by atoms with Gasteiger partial charge in [0.1, 0.15) is 0 Å². The summed E-state index contributed by atoms with van der Waals surface area (Å²) in [4.78, 5) is 9.80. The summed E-state index contributed by atoms with van der Waals surface area (Å²) in [7, 11) is 0. The van der Waals surface area contributed by atoms with Gasteiger partial charge in [-0.15, -0.1) is 0 Å². The van der Waals surface area contributed by atoms with Crippen molar-refractivity contribution in [1.29, 1.82) is 0 Å². The summed E-state index contributed by atoms with van der Waals surface area (Å²) in [5, 5.41) is 2.60. The molecule has 0 aromatic rings. The van der Waals surface area contributed by atoms with Gasteiger partial charge in [0.25, 0.3) is 0 Å². The van der Waals surface area contributed by atoms with Crippen molar-refractivity contribution in [3.05, 3.63) is 0 Å². The van der Waals surface area contributed by atoms with Crippen molar-refractivity contribution in [2.75, 3.05) is 13.2 Å². The molecule has 3 heteroatoms. The van der Waals surface area contributed by atoms with Crippen LogP contribution in [0, 0.1) is 0 Å². The van der Waals surface area contributed by atoms with Gasteiger partial charge in [-0.1, -0.05) is 0 Å². The summed E-state index contributed by atoms with van der Waals surface area (Å²) in [5.74, 6) is 0. The van der Waals surface area contributed by atoms with E-state index in [1.54, 1.807) is 0 Å². The van der Waals surface area contributed by atoms with E-state index in [1.807, 2.05) is 13.8 Å². The lowest BCUT2D eigenvalue weighted by molar-refractivity contribution is -0.109. The highest BCUT2D eigenvalue weighted by molar-refractivity contribution is 5.45. The van der Waals surface area contributed by atoms with Gasteiger partial charge in [-0.25, -0.2) is 0 Å². The molecule has 0 saturated carbocycles. The molecule has 0 spiro atoms. The van der Waals surface area contributed by atoms with Crippen LogP contribution in [0.15, 0.2) is 0 Å². The van der Waals surface area contributed by atoms with Gasteiger partial charge in [-0.2, -0.15) is 0 Å². The molecule has 0 bridgehead atoms. The average Bonchev–Trinajstić information content (AvgIpc) is 1.96. The van der Waals surface area contributed by atoms with Crippen LogP contribution in [0.2, 0.25) is 0 Å². The summed E-state index contributed by atoms with van der Waals surface area (Å²) >= 11 is 0. The molecule has 0 aliphatic rings. The first kappa shape index (κ1) is 10.4. The van der Waals surface area contributed by atoms with Crippen LogP contribution in [-0.2, 0) is 9.53 Å². The van der Waals surface area contributed by atoms with E-state index in [0.717, 1.165) is 32.4 Å². The van der Waals surface area contributed by atoms with Gasteiger partial charge in [-0.3, -0.25) is 4.79 Å². The molecule has 0 saturated heterocycles. The third-order valence-electron chi connectivity index (χ3n) is 1.25. The highest BCUT2D eigenvalue weighted by atomic mass is 16.5. The Bertz CT molecular complexity index is 94.1. The second-order valence-corrected chi connectivity index (χ2v) is 2.70. The van der Waals surface area contributed by atoms with E-state index in [1.165, 1.54) is 0 Å². The molecule has 0 unspecified atom stereocenters. The van der Waals surface area contributed by atoms with Gasteiger partial charge in [0.2, 0.25) is 6.41 Å². The monoisotopic (exact) mass is 159 g/mol. The second kappa shape index (κ2) is 7.54. The molecule has 66 valence electrons. The smallest absolute Gasteiger partial charge is 0.207 e. The van der Waals surface area contributed by atoms with Crippen LogP contribution in [-0.4, -0.2) is 25.7 Å². The molecule has 1 N–H and O–H groups in total. The summed E-state index contributed by atoms with van der Waals surface area (Å²) in [6.45, 7) is 5.58. The fraction of sp³-hybridized carbons (Fsp3) is 0.875. The topological polar surface area (TPSA) is 38.3 Å². The summed E-state index contributed by atoms with van der Waals surface area (Å²) in [6, 6.07) is 0. The van der Waals surface area contributed by atoms with Crippen molar-refractivity contribution in [1.82, 2.24) is 5.32 Å². The van der Waals surface area contributed by atoms with Crippen LogP contribution in [0.4, 0.5) is 0 Å². The van der Waals surface area contributed by atoms with E-state index in [-0.39, 0.29) is 0 Å². The number of hydrogen-bond acceptors (Lipinski definition) is 2. The zero-order chi connectivity index (χ0) is 8.53. The van der Waals surface area contributed by atoms with Crippen LogP contribution >= 0.6 is 0 Å². The molecule has 3 nitrogen and oxygen atoms in total. The van der Waals surface area contributed by atoms with Crippen molar-refractivity contribution in [2.45, 2.75) is 32.8 Å². The predicted molar refractivity (Wildman–Crippen MR) is 44.4 cm³/mol. The van der Waals surface area contributed by atoms with Gasteiger partial charge < -0.3 is 10.1 Å². The predicted octanol–water partition coefficient (Wildman–Crippen LogP) is 0.938. The molecule has 0 rings (SSSR count). The van der Waals surface area contributed by atoms with Crippen LogP contribution in [0.1, 0.15) is 26.7 Å². The summed E-state index contributed by atoms with van der Waals surface area (Å²) in [6.07, 6.45) is 3.04. The van der Waals surface area contributed by atoms with Gasteiger partial charge >= 0.3 is 0 Å². The zero-order valence-electron chi connectivity index (χ0n) is 7.30. The maximum absolute atomic E-state index is 9.80. The number of ether oxygens (including phenoxy) is 1. The SMILES string of the molecule is CC(C)OCCCCNC=O. The molecule has 0 atom stereocenters. The molecule has 0 radical (unpaired) electrons. The third kappa shape index (κ3) is 9.43. The molecule has 11 heavy (non-hydrogen) atoms. The molecular weight excluding hydrogens is 142 g/mol. The van der Waals surface area contributed by atoms with Crippen LogP contribution < -0.4 is 5.32 Å². The Labute approximate surface area is 68.1 Å². The highest BCUT2D eigenvalue weighted by Gasteiger charge is 1.91. The Balaban J connectivity index is 2.85. The van der Waals surface area contributed by atoms with Crippen molar-refractivity contribution >= 4 is 6.41 Å². The Kier molecular flexibility index (Phi) is 7.15. The fourth-order valence-electron chi connectivity index (χ4n) is 0.707. The van der Waals surface area contributed by atoms with E-state index in [4.69, 9.17) is 4.74 Å². The Morgan fingerprint density at radius 3 is 2.73 bits per heavy atom. The molecule has 0 aliphatic heterocycles.